The number of hydrogen-bond donors (Lipinski definition) is 2. The molecule has 0 aromatic heterocycles. The first kappa shape index (κ1) is 98.6. The van der Waals surface area contributed by atoms with Gasteiger partial charge in [-0.15, -0.1) is 0 Å². The average molecular weight is 1500 g/mol. The van der Waals surface area contributed by atoms with Gasteiger partial charge in [-0.2, -0.15) is 0 Å². The lowest BCUT2D eigenvalue weighted by Crippen LogP contribution is -2.46. The molecule has 4 aliphatic rings. The predicted molar refractivity (Wildman–Crippen MR) is 412 cm³/mol. The van der Waals surface area contributed by atoms with Gasteiger partial charge in [0.2, 0.25) is 0 Å². The van der Waals surface area contributed by atoms with Crippen molar-refractivity contribution in [1.82, 2.24) is 0 Å². The molecule has 20 nitrogen and oxygen atoms in total. The van der Waals surface area contributed by atoms with Gasteiger partial charge in [0.05, 0.1) is 98.9 Å². The number of ketones is 1. The second-order valence-electron chi connectivity index (χ2n) is 29.9. The van der Waals surface area contributed by atoms with E-state index in [9.17, 15) is 19.2 Å². The number of hydrogen-bond acceptors (Lipinski definition) is 21. The van der Waals surface area contributed by atoms with E-state index in [-0.39, 0.29) is 126 Å². The average Bonchev–Trinajstić information content (AvgIpc) is 0.888. The molecule has 0 atom stereocenters. The molecule has 102 heavy (non-hydrogen) atoms. The van der Waals surface area contributed by atoms with Gasteiger partial charge in [0, 0.05) is 43.1 Å². The summed E-state index contributed by atoms with van der Waals surface area (Å²) in [6.07, 6.45) is 41.1. The fourth-order valence-corrected chi connectivity index (χ4v) is 13.4. The SMILES string of the molecule is C.CCCCCCCCCCCCCCCCCCSC(=O)CCC(=O)CC(COC(COC1COC(C)(C)OC1)COC1COC(C)(C)OC1)COC(COC1COC(C)(C)OC1)COC1COC(C)(C)OC1.CCCCCCCCCCCCCCCCCCSC(=O)CCC(=O)O.CN. The third-order valence-electron chi connectivity index (χ3n) is 18.3. The lowest BCUT2D eigenvalue weighted by atomic mass is 10.0. The van der Waals surface area contributed by atoms with Gasteiger partial charge in [0.25, 0.3) is 0 Å². The number of carboxylic acid groups (broad SMARTS) is 1. The standard InChI is InChI=1S/C56H102O16S.C22H42O3S.CH5N.CH4/c1-10-11-12-13-14-15-16-17-18-19-20-21-22-23-24-25-28-73-52(58)27-26-45(57)29-44(30-59-46(32-61-48-36-65-53(2,3)66-37-48)33-62-49-38-67-54(4,5)68-39-49)31-60-47(34-63-50-40-69-55(6,7)70-41-50)35-64-51-42-71-56(8,9)72-43-51;1-2-3-4-5-6-7-8-9-10-11-12-13-14-15-16-17-20-26-22(25)19-18-21(23)24;1-2;/h44,46-51H,10-43H2,1-9H3;2-20H2,1H3,(H,23,24);2H2,1H3;1H4. The molecule has 0 bridgehead atoms. The molecule has 4 aliphatic heterocycles. The number of rotatable bonds is 60. The fraction of sp³-hybridized carbons (Fsp3) is 0.950. The molecule has 0 saturated carbocycles. The highest BCUT2D eigenvalue weighted by atomic mass is 32.2. The number of carbonyl (C=O) groups is 4. The van der Waals surface area contributed by atoms with E-state index in [4.69, 9.17) is 71.4 Å². The Kier molecular flexibility index (Phi) is 60.3. The van der Waals surface area contributed by atoms with Crippen LogP contribution >= 0.6 is 23.5 Å². The maximum Gasteiger partial charge on any atom is 0.303 e. The maximum atomic E-state index is 13.7. The van der Waals surface area contributed by atoms with Crippen molar-refractivity contribution in [2.24, 2.45) is 11.7 Å². The van der Waals surface area contributed by atoms with Crippen molar-refractivity contribution in [3.05, 3.63) is 0 Å². The minimum atomic E-state index is -0.888. The van der Waals surface area contributed by atoms with Gasteiger partial charge in [-0.05, 0) is 75.3 Å². The van der Waals surface area contributed by atoms with E-state index in [1.165, 1.54) is 217 Å². The lowest BCUT2D eigenvalue weighted by Gasteiger charge is -2.36. The number of carboxylic acids is 1. The molecule has 4 saturated heterocycles. The van der Waals surface area contributed by atoms with Crippen molar-refractivity contribution < 1.29 is 90.6 Å². The van der Waals surface area contributed by atoms with E-state index < -0.39 is 41.3 Å². The predicted octanol–water partition coefficient (Wildman–Crippen LogP) is 17.9. The normalized spacial score (nSPS) is 17.8. The molecular weight excluding hydrogens is 1340 g/mol. The quantitative estimate of drug-likeness (QED) is 0.0538. The molecule has 0 aromatic rings. The minimum absolute atomic E-state index is 0. The van der Waals surface area contributed by atoms with Gasteiger partial charge in [0.1, 0.15) is 42.4 Å². The van der Waals surface area contributed by atoms with Gasteiger partial charge in [0.15, 0.2) is 33.4 Å². The van der Waals surface area contributed by atoms with Crippen LogP contribution in [0.3, 0.4) is 0 Å². The molecule has 0 radical (unpaired) electrons. The molecule has 3 N–H and O–H groups in total. The summed E-state index contributed by atoms with van der Waals surface area (Å²) in [6, 6.07) is 0. The van der Waals surface area contributed by atoms with Crippen LogP contribution in [0.4, 0.5) is 0 Å². The molecule has 4 heterocycles. The second-order valence-corrected chi connectivity index (χ2v) is 32.2. The van der Waals surface area contributed by atoms with E-state index in [0.717, 1.165) is 30.8 Å². The molecule has 604 valence electrons. The van der Waals surface area contributed by atoms with E-state index in [2.05, 4.69) is 19.6 Å². The Hall–Kier alpha value is -1.42. The van der Waals surface area contributed by atoms with E-state index in [1.807, 2.05) is 55.4 Å². The molecular formula is C80H153NO19S2. The summed E-state index contributed by atoms with van der Waals surface area (Å²) in [5.41, 5.74) is 4.50. The van der Waals surface area contributed by atoms with Crippen LogP contribution in [0.15, 0.2) is 0 Å². The smallest absolute Gasteiger partial charge is 0.303 e. The first-order valence-electron chi connectivity index (χ1n) is 40.0. The van der Waals surface area contributed by atoms with Crippen molar-refractivity contribution in [2.75, 3.05) is 111 Å². The zero-order chi connectivity index (χ0) is 74.1. The fourth-order valence-electron chi connectivity index (χ4n) is 11.8. The number of ether oxygens (including phenoxy) is 14. The summed E-state index contributed by atoms with van der Waals surface area (Å²) in [5, 5.41) is 8.60. The third kappa shape index (κ3) is 56.8. The zero-order valence-corrected chi connectivity index (χ0v) is 67.3. The van der Waals surface area contributed by atoms with Crippen LogP contribution in [0.1, 0.15) is 314 Å². The molecule has 0 amide bonds. The van der Waals surface area contributed by atoms with Gasteiger partial charge in [-0.3, -0.25) is 19.2 Å². The Morgan fingerprint density at radius 2 is 0.588 bits per heavy atom. The summed E-state index contributed by atoms with van der Waals surface area (Å²) in [5.74, 6) is -2.39. The van der Waals surface area contributed by atoms with Gasteiger partial charge in [-0.25, -0.2) is 0 Å². The van der Waals surface area contributed by atoms with E-state index in [1.54, 1.807) is 0 Å². The second kappa shape index (κ2) is 62.4. The topological polar surface area (TPSA) is 244 Å². The summed E-state index contributed by atoms with van der Waals surface area (Å²) in [6.45, 7) is 23.7. The molecule has 0 spiro atoms. The van der Waals surface area contributed by atoms with Crippen LogP contribution in [0.25, 0.3) is 0 Å². The highest BCUT2D eigenvalue weighted by Crippen LogP contribution is 2.26. The first-order chi connectivity index (χ1) is 48.6. The molecule has 4 fully saturated rings. The van der Waals surface area contributed by atoms with Crippen molar-refractivity contribution in [1.29, 1.82) is 0 Å². The van der Waals surface area contributed by atoms with Gasteiger partial charge in [-0.1, -0.05) is 237 Å². The van der Waals surface area contributed by atoms with Crippen LogP contribution in [-0.2, 0) is 85.5 Å². The van der Waals surface area contributed by atoms with Gasteiger partial charge < -0.3 is 77.2 Å². The van der Waals surface area contributed by atoms with Crippen LogP contribution in [0.2, 0.25) is 0 Å². The number of nitrogens with two attached hydrogens (primary N) is 1. The van der Waals surface area contributed by atoms with Crippen LogP contribution < -0.4 is 5.73 Å². The van der Waals surface area contributed by atoms with Crippen molar-refractivity contribution in [2.45, 2.75) is 374 Å². The van der Waals surface area contributed by atoms with Crippen molar-refractivity contribution in [3.63, 3.8) is 0 Å². The largest absolute Gasteiger partial charge is 0.481 e. The van der Waals surface area contributed by atoms with Crippen LogP contribution in [-0.4, -0.2) is 198 Å². The van der Waals surface area contributed by atoms with Gasteiger partial charge >= 0.3 is 5.97 Å². The number of thioether (sulfide) groups is 2. The number of unbranched alkanes of at least 4 members (excludes halogenated alkanes) is 30. The number of aliphatic carboxylic acids is 1. The van der Waals surface area contributed by atoms with Crippen LogP contribution in [0, 0.1) is 5.92 Å². The van der Waals surface area contributed by atoms with E-state index >= 15 is 0 Å². The van der Waals surface area contributed by atoms with Crippen molar-refractivity contribution >= 4 is 45.5 Å². The molecule has 0 aliphatic carbocycles. The van der Waals surface area contributed by atoms with E-state index in [0.29, 0.717) is 52.9 Å². The number of Topliss-reactive ketones (excluding diaryl/α,β-unsaturated/α-hetero) is 1. The minimum Gasteiger partial charge on any atom is -0.481 e. The monoisotopic (exact) mass is 1500 g/mol. The zero-order valence-electron chi connectivity index (χ0n) is 65.7. The Bertz CT molecular complexity index is 1850. The lowest BCUT2D eigenvalue weighted by molar-refractivity contribution is -0.287. The summed E-state index contributed by atoms with van der Waals surface area (Å²) >= 11 is 2.66. The van der Waals surface area contributed by atoms with Crippen LogP contribution in [0.5, 0.6) is 0 Å². The Morgan fingerprint density at radius 1 is 0.363 bits per heavy atom. The molecule has 4 rings (SSSR count). The number of carbonyl (C=O) groups excluding carboxylic acids is 3. The molecule has 0 aromatic carbocycles. The third-order valence-corrected chi connectivity index (χ3v) is 20.4. The Labute approximate surface area is 629 Å². The summed E-state index contributed by atoms with van der Waals surface area (Å²) in [7, 11) is 1.50. The first-order valence-corrected chi connectivity index (χ1v) is 42.0. The molecule has 22 heteroatoms. The summed E-state index contributed by atoms with van der Waals surface area (Å²) < 4.78 is 85.0. The Morgan fingerprint density at radius 3 is 0.824 bits per heavy atom. The maximum absolute atomic E-state index is 13.7. The highest BCUT2D eigenvalue weighted by Gasteiger charge is 2.34. The molecule has 0 unspecified atom stereocenters. The van der Waals surface area contributed by atoms with Crippen molar-refractivity contribution in [3.8, 4) is 0 Å². The summed E-state index contributed by atoms with van der Waals surface area (Å²) in [4.78, 5) is 48.5. The highest BCUT2D eigenvalue weighted by molar-refractivity contribution is 8.13. The Balaban J connectivity index is 0.00000151.